The number of carbonyl (C=O) groups is 1. The molecule has 0 unspecified atom stereocenters. The number of para-hydroxylation sites is 1. The molecule has 0 aromatic heterocycles. The van der Waals surface area contributed by atoms with Gasteiger partial charge in [-0.3, -0.25) is 4.79 Å². The lowest BCUT2D eigenvalue weighted by molar-refractivity contribution is -0.117. The summed E-state index contributed by atoms with van der Waals surface area (Å²) >= 11 is 0. The first kappa shape index (κ1) is 18.1. The molecule has 0 atom stereocenters. The Morgan fingerprint density at radius 1 is 1.20 bits per heavy atom. The van der Waals surface area contributed by atoms with E-state index in [4.69, 9.17) is 9.47 Å². The zero-order valence-electron chi connectivity index (χ0n) is 14.3. The summed E-state index contributed by atoms with van der Waals surface area (Å²) in [5.41, 5.74) is 1.58. The Balaban J connectivity index is 2.20. The number of nitrogens with one attached hydrogen (secondary N) is 1. The van der Waals surface area contributed by atoms with Crippen LogP contribution in [0, 0.1) is 11.3 Å². The van der Waals surface area contributed by atoms with Crippen molar-refractivity contribution < 1.29 is 14.3 Å². The van der Waals surface area contributed by atoms with E-state index in [9.17, 15) is 10.1 Å². The molecule has 2 rings (SSSR count). The first-order valence-corrected chi connectivity index (χ1v) is 7.93. The average molecular weight is 336 g/mol. The van der Waals surface area contributed by atoms with Crippen molar-refractivity contribution >= 4 is 12.0 Å². The third kappa shape index (κ3) is 4.85. The zero-order valence-corrected chi connectivity index (χ0v) is 14.3. The van der Waals surface area contributed by atoms with Crippen molar-refractivity contribution in [2.75, 3.05) is 13.7 Å². The Labute approximate surface area is 147 Å². The van der Waals surface area contributed by atoms with Crippen molar-refractivity contribution in [3.8, 4) is 17.6 Å². The summed E-state index contributed by atoms with van der Waals surface area (Å²) in [7, 11) is 1.52. The van der Waals surface area contributed by atoms with Crippen LogP contribution in [0.3, 0.4) is 0 Å². The first-order chi connectivity index (χ1) is 12.2. The second-order valence-corrected chi connectivity index (χ2v) is 5.15. The second kappa shape index (κ2) is 9.14. The SMILES string of the molecule is CCOc1cccc(/C=C(\C#N)C(=O)NCc2ccccc2)c1OC. The number of methoxy groups -OCH3 is 1. The molecule has 1 N–H and O–H groups in total. The van der Waals surface area contributed by atoms with Gasteiger partial charge in [0, 0.05) is 12.1 Å². The summed E-state index contributed by atoms with van der Waals surface area (Å²) in [4.78, 5) is 12.3. The second-order valence-electron chi connectivity index (χ2n) is 5.15. The minimum Gasteiger partial charge on any atom is -0.492 e. The van der Waals surface area contributed by atoms with E-state index in [1.807, 2.05) is 43.3 Å². The standard InChI is InChI=1S/C20H20N2O3/c1-3-25-18-11-7-10-16(19(18)24-2)12-17(13-21)20(23)22-14-15-8-5-4-6-9-15/h4-12H,3,14H2,1-2H3,(H,22,23)/b17-12+. The molecule has 0 radical (unpaired) electrons. The van der Waals surface area contributed by atoms with Crippen LogP contribution in [-0.4, -0.2) is 19.6 Å². The van der Waals surface area contributed by atoms with Crippen LogP contribution >= 0.6 is 0 Å². The van der Waals surface area contributed by atoms with Crippen LogP contribution in [0.4, 0.5) is 0 Å². The van der Waals surface area contributed by atoms with Gasteiger partial charge < -0.3 is 14.8 Å². The Hall–Kier alpha value is -3.26. The van der Waals surface area contributed by atoms with Crippen LogP contribution in [0.15, 0.2) is 54.1 Å². The number of hydrogen-bond donors (Lipinski definition) is 1. The van der Waals surface area contributed by atoms with E-state index in [1.165, 1.54) is 13.2 Å². The Morgan fingerprint density at radius 2 is 1.96 bits per heavy atom. The summed E-state index contributed by atoms with van der Waals surface area (Å²) in [5, 5.41) is 12.1. The molecule has 2 aromatic carbocycles. The van der Waals surface area contributed by atoms with Crippen LogP contribution in [0.1, 0.15) is 18.1 Å². The normalized spacial score (nSPS) is 10.7. The molecule has 0 saturated carbocycles. The highest BCUT2D eigenvalue weighted by molar-refractivity contribution is 6.02. The predicted octanol–water partition coefficient (Wildman–Crippen LogP) is 3.32. The zero-order chi connectivity index (χ0) is 18.1. The lowest BCUT2D eigenvalue weighted by atomic mass is 10.1. The van der Waals surface area contributed by atoms with E-state index in [0.29, 0.717) is 30.2 Å². The molecule has 0 spiro atoms. The Morgan fingerprint density at radius 3 is 2.60 bits per heavy atom. The summed E-state index contributed by atoms with van der Waals surface area (Å²) in [6, 6.07) is 16.8. The van der Waals surface area contributed by atoms with Crippen LogP contribution in [0.5, 0.6) is 11.5 Å². The molecule has 0 fully saturated rings. The van der Waals surface area contributed by atoms with Gasteiger partial charge in [-0.15, -0.1) is 0 Å². The molecule has 2 aromatic rings. The lowest BCUT2D eigenvalue weighted by Gasteiger charge is -2.12. The highest BCUT2D eigenvalue weighted by atomic mass is 16.5. The minimum absolute atomic E-state index is 0.00267. The van der Waals surface area contributed by atoms with Crippen molar-refractivity contribution in [1.29, 1.82) is 5.26 Å². The van der Waals surface area contributed by atoms with E-state index < -0.39 is 5.91 Å². The van der Waals surface area contributed by atoms with Crippen LogP contribution in [0.25, 0.3) is 6.08 Å². The molecule has 128 valence electrons. The van der Waals surface area contributed by atoms with E-state index in [2.05, 4.69) is 5.32 Å². The summed E-state index contributed by atoms with van der Waals surface area (Å²) in [6.45, 7) is 2.72. The van der Waals surface area contributed by atoms with E-state index in [-0.39, 0.29) is 5.57 Å². The highest BCUT2D eigenvalue weighted by Crippen LogP contribution is 2.32. The van der Waals surface area contributed by atoms with Gasteiger partial charge in [-0.2, -0.15) is 5.26 Å². The van der Waals surface area contributed by atoms with E-state index in [0.717, 1.165) is 5.56 Å². The van der Waals surface area contributed by atoms with Crippen molar-refractivity contribution in [3.05, 3.63) is 65.2 Å². The van der Waals surface area contributed by atoms with Crippen molar-refractivity contribution in [2.45, 2.75) is 13.5 Å². The van der Waals surface area contributed by atoms with Crippen LogP contribution in [-0.2, 0) is 11.3 Å². The van der Waals surface area contributed by atoms with Gasteiger partial charge in [-0.25, -0.2) is 0 Å². The monoisotopic (exact) mass is 336 g/mol. The fourth-order valence-electron chi connectivity index (χ4n) is 2.31. The number of amides is 1. The number of benzene rings is 2. The van der Waals surface area contributed by atoms with Gasteiger partial charge in [0.05, 0.1) is 13.7 Å². The summed E-state index contributed by atoms with van der Waals surface area (Å²) in [6.07, 6.45) is 1.50. The van der Waals surface area contributed by atoms with Crippen LogP contribution < -0.4 is 14.8 Å². The number of ether oxygens (including phenoxy) is 2. The van der Waals surface area contributed by atoms with Gasteiger partial charge in [-0.1, -0.05) is 42.5 Å². The predicted molar refractivity (Wildman–Crippen MR) is 96.0 cm³/mol. The van der Waals surface area contributed by atoms with Gasteiger partial charge in [0.25, 0.3) is 5.91 Å². The third-order valence-corrected chi connectivity index (χ3v) is 3.47. The largest absolute Gasteiger partial charge is 0.492 e. The maximum atomic E-state index is 12.3. The molecule has 0 heterocycles. The van der Waals surface area contributed by atoms with Gasteiger partial charge in [-0.05, 0) is 24.6 Å². The Kier molecular flexibility index (Phi) is 6.61. The molecule has 0 aliphatic heterocycles. The number of hydrogen-bond acceptors (Lipinski definition) is 4. The van der Waals surface area contributed by atoms with Crippen molar-refractivity contribution in [1.82, 2.24) is 5.32 Å². The molecule has 0 saturated heterocycles. The minimum atomic E-state index is -0.435. The fourth-order valence-corrected chi connectivity index (χ4v) is 2.31. The molecule has 5 nitrogen and oxygen atoms in total. The smallest absolute Gasteiger partial charge is 0.262 e. The van der Waals surface area contributed by atoms with Gasteiger partial charge in [0.1, 0.15) is 11.6 Å². The van der Waals surface area contributed by atoms with Crippen LogP contribution in [0.2, 0.25) is 0 Å². The third-order valence-electron chi connectivity index (χ3n) is 3.47. The summed E-state index contributed by atoms with van der Waals surface area (Å²) in [5.74, 6) is 0.629. The van der Waals surface area contributed by atoms with Crippen molar-refractivity contribution in [2.24, 2.45) is 0 Å². The quantitative estimate of drug-likeness (QED) is 0.622. The first-order valence-electron chi connectivity index (χ1n) is 7.93. The Bertz CT molecular complexity index is 792. The molecule has 0 aliphatic rings. The molecule has 5 heteroatoms. The fraction of sp³-hybridized carbons (Fsp3) is 0.200. The number of nitrogens with zero attached hydrogens (tertiary/aromatic N) is 1. The number of nitriles is 1. The van der Waals surface area contributed by atoms with Crippen molar-refractivity contribution in [3.63, 3.8) is 0 Å². The average Bonchev–Trinajstić information content (AvgIpc) is 2.65. The maximum absolute atomic E-state index is 12.3. The lowest BCUT2D eigenvalue weighted by Crippen LogP contribution is -2.23. The molecule has 1 amide bonds. The molecular weight excluding hydrogens is 316 g/mol. The number of rotatable bonds is 7. The summed E-state index contributed by atoms with van der Waals surface area (Å²) < 4.78 is 10.9. The van der Waals surface area contributed by atoms with Gasteiger partial charge in [0.15, 0.2) is 11.5 Å². The van der Waals surface area contributed by atoms with E-state index in [1.54, 1.807) is 18.2 Å². The van der Waals surface area contributed by atoms with Gasteiger partial charge >= 0.3 is 0 Å². The molecule has 0 aliphatic carbocycles. The van der Waals surface area contributed by atoms with Gasteiger partial charge in [0.2, 0.25) is 0 Å². The maximum Gasteiger partial charge on any atom is 0.262 e. The molecular formula is C20H20N2O3. The highest BCUT2D eigenvalue weighted by Gasteiger charge is 2.13. The van der Waals surface area contributed by atoms with E-state index >= 15 is 0 Å². The topological polar surface area (TPSA) is 71.3 Å². The molecule has 25 heavy (non-hydrogen) atoms. The number of carbonyl (C=O) groups excluding carboxylic acids is 1. The molecule has 0 bridgehead atoms.